The molecule has 0 bridgehead atoms. The van der Waals surface area contributed by atoms with Crippen LogP contribution >= 0.6 is 11.8 Å². The van der Waals surface area contributed by atoms with Crippen LogP contribution in [0.15, 0.2) is 12.1 Å². The molecule has 1 saturated heterocycles. The minimum Gasteiger partial charge on any atom is -0.379 e. The lowest BCUT2D eigenvalue weighted by atomic mass is 10.1. The highest BCUT2D eigenvalue weighted by atomic mass is 32.2. The molecule has 0 aromatic heterocycles. The first kappa shape index (κ1) is 13.2. The maximum atomic E-state index is 13.6. The molecule has 0 spiro atoms. The minimum absolute atomic E-state index is 0.00277. The number of benzene rings is 1. The molecule has 96 valence electrons. The molecule has 1 N–H and O–H groups in total. The Balaban J connectivity index is 2.12. The van der Waals surface area contributed by atoms with E-state index in [2.05, 4.69) is 12.2 Å². The van der Waals surface area contributed by atoms with E-state index in [-0.39, 0.29) is 16.0 Å². The summed E-state index contributed by atoms with van der Waals surface area (Å²) in [6.07, 6.45) is 2.19. The molecule has 0 radical (unpaired) electrons. The normalized spacial score (nSPS) is 22.8. The number of hydrogen-bond donors (Lipinski definition) is 1. The number of nitriles is 1. The van der Waals surface area contributed by atoms with Gasteiger partial charge in [-0.25, -0.2) is 8.78 Å². The first-order valence-corrected chi connectivity index (χ1v) is 6.80. The van der Waals surface area contributed by atoms with Crippen molar-refractivity contribution in [1.82, 2.24) is 0 Å². The summed E-state index contributed by atoms with van der Waals surface area (Å²) in [5.41, 5.74) is -0.139. The molecule has 1 atom stereocenters. The van der Waals surface area contributed by atoms with Crippen molar-refractivity contribution in [3.05, 3.63) is 29.3 Å². The molecule has 2 nitrogen and oxygen atoms in total. The van der Waals surface area contributed by atoms with Crippen LogP contribution < -0.4 is 5.32 Å². The lowest BCUT2D eigenvalue weighted by Crippen LogP contribution is -2.27. The van der Waals surface area contributed by atoms with Gasteiger partial charge in [0.2, 0.25) is 0 Å². The van der Waals surface area contributed by atoms with E-state index in [1.165, 1.54) is 0 Å². The summed E-state index contributed by atoms with van der Waals surface area (Å²) in [5.74, 6) is -0.326. The van der Waals surface area contributed by atoms with Crippen LogP contribution in [0.1, 0.15) is 25.3 Å². The summed E-state index contributed by atoms with van der Waals surface area (Å²) in [4.78, 5) is 0. The van der Waals surface area contributed by atoms with Crippen LogP contribution in [0.5, 0.6) is 0 Å². The van der Waals surface area contributed by atoms with E-state index in [0.29, 0.717) is 6.54 Å². The second-order valence-electron chi connectivity index (χ2n) is 4.68. The molecule has 5 heteroatoms. The van der Waals surface area contributed by atoms with Gasteiger partial charge < -0.3 is 5.32 Å². The van der Waals surface area contributed by atoms with Crippen LogP contribution in [0, 0.1) is 23.0 Å². The molecule has 0 saturated carbocycles. The fraction of sp³-hybridized carbons (Fsp3) is 0.462. The van der Waals surface area contributed by atoms with Gasteiger partial charge in [0.1, 0.15) is 5.69 Å². The highest BCUT2D eigenvalue weighted by Crippen LogP contribution is 2.38. The number of hydrogen-bond acceptors (Lipinski definition) is 3. The number of anilines is 1. The zero-order chi connectivity index (χ0) is 13.2. The smallest absolute Gasteiger partial charge is 0.150 e. The van der Waals surface area contributed by atoms with Crippen molar-refractivity contribution >= 4 is 17.4 Å². The first-order valence-electron chi connectivity index (χ1n) is 5.81. The van der Waals surface area contributed by atoms with Crippen molar-refractivity contribution in [2.24, 2.45) is 0 Å². The van der Waals surface area contributed by atoms with Gasteiger partial charge in [-0.05, 0) is 37.7 Å². The Morgan fingerprint density at radius 2 is 2.11 bits per heavy atom. The summed E-state index contributed by atoms with van der Waals surface area (Å²) < 4.78 is 27.3. The summed E-state index contributed by atoms with van der Waals surface area (Å²) in [7, 11) is 0. The Morgan fingerprint density at radius 1 is 1.44 bits per heavy atom. The van der Waals surface area contributed by atoms with Gasteiger partial charge in [-0.3, -0.25) is 0 Å². The van der Waals surface area contributed by atoms with Crippen LogP contribution in [0.3, 0.4) is 0 Å². The lowest BCUT2D eigenvalue weighted by Gasteiger charge is -2.23. The molecule has 2 rings (SSSR count). The zero-order valence-corrected chi connectivity index (χ0v) is 10.9. The molecule has 1 heterocycles. The first-order chi connectivity index (χ1) is 8.54. The molecule has 18 heavy (non-hydrogen) atoms. The van der Waals surface area contributed by atoms with Crippen molar-refractivity contribution in [2.75, 3.05) is 17.6 Å². The summed E-state index contributed by atoms with van der Waals surface area (Å²) in [6, 6.07) is 3.83. The standard InChI is InChI=1S/C13H14F2N2S/c1-13(3-2-4-18-13)8-17-12-10(14)5-9(7-16)6-11(12)15/h5-6,17H,2-4,8H2,1H3. The molecule has 1 aromatic rings. The van der Waals surface area contributed by atoms with Crippen molar-refractivity contribution in [1.29, 1.82) is 5.26 Å². The minimum atomic E-state index is -0.710. The fourth-order valence-corrected chi connectivity index (χ4v) is 3.30. The number of nitrogens with zero attached hydrogens (tertiary/aromatic N) is 1. The fourth-order valence-electron chi connectivity index (χ4n) is 2.06. The third-order valence-corrected chi connectivity index (χ3v) is 4.65. The highest BCUT2D eigenvalue weighted by Gasteiger charge is 2.29. The predicted molar refractivity (Wildman–Crippen MR) is 69.7 cm³/mol. The molecule has 0 aliphatic carbocycles. The molecule has 1 aromatic carbocycles. The Labute approximate surface area is 109 Å². The third kappa shape index (κ3) is 2.75. The van der Waals surface area contributed by atoms with E-state index < -0.39 is 11.6 Å². The van der Waals surface area contributed by atoms with Crippen molar-refractivity contribution < 1.29 is 8.78 Å². The number of rotatable bonds is 3. The SMILES string of the molecule is CC1(CNc2c(F)cc(C#N)cc2F)CCCS1. The highest BCUT2D eigenvalue weighted by molar-refractivity contribution is 8.00. The molecule has 1 fully saturated rings. The number of halogens is 2. The summed E-state index contributed by atoms with van der Waals surface area (Å²) in [6.45, 7) is 2.62. The predicted octanol–water partition coefficient (Wildman–Crippen LogP) is 3.53. The molecular formula is C13H14F2N2S. The van der Waals surface area contributed by atoms with Gasteiger partial charge in [-0.2, -0.15) is 17.0 Å². The van der Waals surface area contributed by atoms with Crippen molar-refractivity contribution in [3.8, 4) is 6.07 Å². The van der Waals surface area contributed by atoms with Gasteiger partial charge in [0.25, 0.3) is 0 Å². The topological polar surface area (TPSA) is 35.8 Å². The largest absolute Gasteiger partial charge is 0.379 e. The number of thioether (sulfide) groups is 1. The van der Waals surface area contributed by atoms with Gasteiger partial charge in [0.15, 0.2) is 11.6 Å². The van der Waals surface area contributed by atoms with Crippen LogP contribution in [0.25, 0.3) is 0 Å². The Kier molecular flexibility index (Phi) is 3.76. The Bertz CT molecular complexity index is 467. The average molecular weight is 268 g/mol. The molecular weight excluding hydrogens is 254 g/mol. The maximum Gasteiger partial charge on any atom is 0.150 e. The van der Waals surface area contributed by atoms with E-state index in [9.17, 15) is 8.78 Å². The van der Waals surface area contributed by atoms with E-state index in [4.69, 9.17) is 5.26 Å². The Morgan fingerprint density at radius 3 is 2.61 bits per heavy atom. The molecule has 1 aliphatic rings. The van der Waals surface area contributed by atoms with Gasteiger partial charge >= 0.3 is 0 Å². The van der Waals surface area contributed by atoms with Crippen LogP contribution in [0.2, 0.25) is 0 Å². The Hall–Kier alpha value is -1.28. The van der Waals surface area contributed by atoms with E-state index in [1.54, 1.807) is 6.07 Å². The molecule has 1 aliphatic heterocycles. The third-order valence-electron chi connectivity index (χ3n) is 3.11. The van der Waals surface area contributed by atoms with Crippen LogP contribution in [-0.4, -0.2) is 17.0 Å². The molecule has 0 amide bonds. The second kappa shape index (κ2) is 5.15. The monoisotopic (exact) mass is 268 g/mol. The van der Waals surface area contributed by atoms with Crippen molar-refractivity contribution in [2.45, 2.75) is 24.5 Å². The number of nitrogens with one attached hydrogen (secondary N) is 1. The quantitative estimate of drug-likeness (QED) is 0.911. The molecule has 1 unspecified atom stereocenters. The van der Waals surface area contributed by atoms with Gasteiger partial charge in [-0.15, -0.1) is 0 Å². The average Bonchev–Trinajstić information content (AvgIpc) is 2.75. The van der Waals surface area contributed by atoms with Crippen LogP contribution in [0.4, 0.5) is 14.5 Å². The lowest BCUT2D eigenvalue weighted by molar-refractivity contribution is 0.579. The zero-order valence-electron chi connectivity index (χ0n) is 10.1. The maximum absolute atomic E-state index is 13.6. The van der Waals surface area contributed by atoms with E-state index in [0.717, 1.165) is 30.7 Å². The summed E-state index contributed by atoms with van der Waals surface area (Å²) in [5, 5.41) is 11.4. The second-order valence-corrected chi connectivity index (χ2v) is 6.36. The summed E-state index contributed by atoms with van der Waals surface area (Å²) >= 11 is 1.82. The van der Waals surface area contributed by atoms with E-state index in [1.807, 2.05) is 11.8 Å². The van der Waals surface area contributed by atoms with Gasteiger partial charge in [-0.1, -0.05) is 0 Å². The van der Waals surface area contributed by atoms with Gasteiger partial charge in [0.05, 0.1) is 11.6 Å². The van der Waals surface area contributed by atoms with Crippen LogP contribution in [-0.2, 0) is 0 Å². The van der Waals surface area contributed by atoms with Gasteiger partial charge in [0, 0.05) is 11.3 Å². The van der Waals surface area contributed by atoms with E-state index >= 15 is 0 Å². The van der Waals surface area contributed by atoms with Crippen molar-refractivity contribution in [3.63, 3.8) is 0 Å².